The molecule has 0 aliphatic rings. The highest BCUT2D eigenvalue weighted by molar-refractivity contribution is 5.31. The largest absolute Gasteiger partial charge is 0.497 e. The molecule has 0 saturated heterocycles. The molecule has 0 saturated carbocycles. The van der Waals surface area contributed by atoms with Crippen molar-refractivity contribution in [2.45, 2.75) is 13.1 Å². The number of nitrogens with zero attached hydrogens (tertiary/aromatic N) is 3. The number of benzene rings is 2. The summed E-state index contributed by atoms with van der Waals surface area (Å²) >= 11 is 0. The Kier molecular flexibility index (Phi) is 6.55. The third-order valence-corrected chi connectivity index (χ3v) is 3.98. The fourth-order valence-electron chi connectivity index (χ4n) is 2.81. The van der Waals surface area contributed by atoms with E-state index in [4.69, 9.17) is 9.47 Å². The summed E-state index contributed by atoms with van der Waals surface area (Å²) in [6.07, 6.45) is 5.23. The predicted octanol–water partition coefficient (Wildman–Crippen LogP) is 4.47. The predicted molar refractivity (Wildman–Crippen MR) is 106 cm³/mol. The van der Waals surface area contributed by atoms with E-state index < -0.39 is 0 Å². The van der Waals surface area contributed by atoms with Crippen molar-refractivity contribution in [2.24, 2.45) is 0 Å². The average Bonchev–Trinajstić information content (AvgIpc) is 2.69. The Bertz CT molecular complexity index is 868. The Labute approximate surface area is 159 Å². The van der Waals surface area contributed by atoms with E-state index in [1.165, 1.54) is 5.56 Å². The maximum atomic E-state index is 5.73. The van der Waals surface area contributed by atoms with Crippen LogP contribution in [0.5, 0.6) is 17.5 Å². The van der Waals surface area contributed by atoms with Gasteiger partial charge < -0.3 is 9.47 Å². The topological polar surface area (TPSA) is 47.5 Å². The minimum atomic E-state index is 0.342. The summed E-state index contributed by atoms with van der Waals surface area (Å²) in [5.74, 6) is 1.59. The van der Waals surface area contributed by atoms with Gasteiger partial charge in [-0.15, -0.1) is 6.58 Å². The van der Waals surface area contributed by atoms with Crippen molar-refractivity contribution in [3.63, 3.8) is 0 Å². The molecule has 27 heavy (non-hydrogen) atoms. The van der Waals surface area contributed by atoms with Crippen molar-refractivity contribution in [2.75, 3.05) is 13.7 Å². The normalized spacial score (nSPS) is 10.6. The minimum absolute atomic E-state index is 0.342. The minimum Gasteiger partial charge on any atom is -0.497 e. The fraction of sp³-hybridized carbons (Fsp3) is 0.182. The van der Waals surface area contributed by atoms with Crippen LogP contribution in [-0.2, 0) is 13.1 Å². The zero-order valence-corrected chi connectivity index (χ0v) is 15.4. The van der Waals surface area contributed by atoms with Crippen molar-refractivity contribution in [1.82, 2.24) is 14.9 Å². The molecule has 3 aromatic rings. The van der Waals surface area contributed by atoms with Gasteiger partial charge in [0.25, 0.3) is 0 Å². The van der Waals surface area contributed by atoms with Gasteiger partial charge in [-0.05, 0) is 41.5 Å². The smallest absolute Gasteiger partial charge is 0.321 e. The van der Waals surface area contributed by atoms with Crippen molar-refractivity contribution in [1.29, 1.82) is 0 Å². The van der Waals surface area contributed by atoms with Gasteiger partial charge in [-0.3, -0.25) is 4.90 Å². The first kappa shape index (κ1) is 18.6. The van der Waals surface area contributed by atoms with Crippen LogP contribution in [0.25, 0.3) is 0 Å². The van der Waals surface area contributed by atoms with E-state index in [0.717, 1.165) is 36.7 Å². The number of rotatable bonds is 9. The van der Waals surface area contributed by atoms with Crippen LogP contribution in [0.3, 0.4) is 0 Å². The molecule has 1 aromatic heterocycles. The Balaban J connectivity index is 1.70. The van der Waals surface area contributed by atoms with Crippen LogP contribution in [0.15, 0.2) is 79.6 Å². The Morgan fingerprint density at radius 2 is 1.56 bits per heavy atom. The molecule has 2 aromatic carbocycles. The molecule has 3 rings (SSSR count). The van der Waals surface area contributed by atoms with E-state index in [9.17, 15) is 0 Å². The number of methoxy groups -OCH3 is 1. The third-order valence-electron chi connectivity index (χ3n) is 3.98. The SMILES string of the molecule is C=CCN(Cc1cccc(OC)c1)Cc1cccc(Oc2ncccn2)c1. The van der Waals surface area contributed by atoms with Crippen LogP contribution in [0.2, 0.25) is 0 Å². The molecule has 5 heteroatoms. The molecular formula is C22H23N3O2. The molecule has 0 aliphatic carbocycles. The first-order valence-electron chi connectivity index (χ1n) is 8.77. The number of ether oxygens (including phenoxy) is 2. The standard InChI is InChI=1S/C22H23N3O2/c1-3-13-25(16-18-7-4-9-20(14-18)26-2)17-19-8-5-10-21(15-19)27-22-23-11-6-12-24-22/h3-12,14-15H,1,13,16-17H2,2H3. The monoisotopic (exact) mass is 361 g/mol. The van der Waals surface area contributed by atoms with E-state index in [2.05, 4.69) is 39.6 Å². The molecule has 0 N–H and O–H groups in total. The second kappa shape index (κ2) is 9.50. The van der Waals surface area contributed by atoms with Crippen LogP contribution < -0.4 is 9.47 Å². The lowest BCUT2D eigenvalue weighted by atomic mass is 10.1. The number of hydrogen-bond donors (Lipinski definition) is 0. The summed E-state index contributed by atoms with van der Waals surface area (Å²) < 4.78 is 11.1. The molecule has 0 aliphatic heterocycles. The molecule has 0 radical (unpaired) electrons. The van der Waals surface area contributed by atoms with Crippen molar-refractivity contribution < 1.29 is 9.47 Å². The Morgan fingerprint density at radius 1 is 0.926 bits per heavy atom. The molecule has 0 unspecified atom stereocenters. The third kappa shape index (κ3) is 5.66. The van der Waals surface area contributed by atoms with Gasteiger partial charge in [0.1, 0.15) is 11.5 Å². The maximum absolute atomic E-state index is 5.73. The van der Waals surface area contributed by atoms with E-state index >= 15 is 0 Å². The van der Waals surface area contributed by atoms with Crippen molar-refractivity contribution >= 4 is 0 Å². The summed E-state index contributed by atoms with van der Waals surface area (Å²) in [6, 6.07) is 18.2. The summed E-state index contributed by atoms with van der Waals surface area (Å²) in [7, 11) is 1.68. The van der Waals surface area contributed by atoms with Gasteiger partial charge in [-0.25, -0.2) is 9.97 Å². The Morgan fingerprint density at radius 3 is 2.19 bits per heavy atom. The fourth-order valence-corrected chi connectivity index (χ4v) is 2.81. The average molecular weight is 361 g/mol. The molecular weight excluding hydrogens is 338 g/mol. The van der Waals surface area contributed by atoms with Crippen LogP contribution >= 0.6 is 0 Å². The second-order valence-electron chi connectivity index (χ2n) is 6.09. The van der Waals surface area contributed by atoms with Crippen LogP contribution in [0.4, 0.5) is 0 Å². The molecule has 0 fully saturated rings. The first-order valence-corrected chi connectivity index (χ1v) is 8.77. The van der Waals surface area contributed by atoms with Crippen molar-refractivity contribution in [3.05, 3.63) is 90.8 Å². The highest BCUT2D eigenvalue weighted by Crippen LogP contribution is 2.21. The summed E-state index contributed by atoms with van der Waals surface area (Å²) in [6.45, 7) is 6.24. The van der Waals surface area contributed by atoms with Gasteiger partial charge in [0.05, 0.1) is 7.11 Å². The van der Waals surface area contributed by atoms with Gasteiger partial charge in [-0.1, -0.05) is 30.3 Å². The van der Waals surface area contributed by atoms with E-state index in [0.29, 0.717) is 6.01 Å². The summed E-state index contributed by atoms with van der Waals surface area (Å²) in [5.41, 5.74) is 2.34. The highest BCUT2D eigenvalue weighted by atomic mass is 16.5. The van der Waals surface area contributed by atoms with E-state index in [1.807, 2.05) is 36.4 Å². The van der Waals surface area contributed by atoms with E-state index in [1.54, 1.807) is 25.6 Å². The lowest BCUT2D eigenvalue weighted by molar-refractivity contribution is 0.285. The quantitative estimate of drug-likeness (QED) is 0.527. The first-order chi connectivity index (χ1) is 13.3. The Hall–Kier alpha value is -3.18. The number of hydrogen-bond acceptors (Lipinski definition) is 5. The molecule has 0 spiro atoms. The molecule has 1 heterocycles. The van der Waals surface area contributed by atoms with Gasteiger partial charge >= 0.3 is 6.01 Å². The highest BCUT2D eigenvalue weighted by Gasteiger charge is 2.08. The lowest BCUT2D eigenvalue weighted by Gasteiger charge is -2.21. The summed E-state index contributed by atoms with van der Waals surface area (Å²) in [4.78, 5) is 10.5. The molecule has 0 atom stereocenters. The van der Waals surface area contributed by atoms with Gasteiger partial charge in [0.15, 0.2) is 0 Å². The molecule has 0 bridgehead atoms. The van der Waals surface area contributed by atoms with Gasteiger partial charge in [-0.2, -0.15) is 0 Å². The number of aromatic nitrogens is 2. The van der Waals surface area contributed by atoms with Gasteiger partial charge in [0, 0.05) is 32.0 Å². The molecule has 0 amide bonds. The second-order valence-corrected chi connectivity index (χ2v) is 6.09. The van der Waals surface area contributed by atoms with Crippen LogP contribution in [-0.4, -0.2) is 28.5 Å². The van der Waals surface area contributed by atoms with Gasteiger partial charge in [0.2, 0.25) is 0 Å². The lowest BCUT2D eigenvalue weighted by Crippen LogP contribution is -2.22. The zero-order chi connectivity index (χ0) is 18.9. The molecule has 138 valence electrons. The molecule has 5 nitrogen and oxygen atoms in total. The van der Waals surface area contributed by atoms with Crippen molar-refractivity contribution in [3.8, 4) is 17.5 Å². The maximum Gasteiger partial charge on any atom is 0.321 e. The van der Waals surface area contributed by atoms with Crippen LogP contribution in [0, 0.1) is 0 Å². The summed E-state index contributed by atoms with van der Waals surface area (Å²) in [5, 5.41) is 0. The van der Waals surface area contributed by atoms with Crippen LogP contribution in [0.1, 0.15) is 11.1 Å². The van der Waals surface area contributed by atoms with E-state index in [-0.39, 0.29) is 0 Å². The zero-order valence-electron chi connectivity index (χ0n) is 15.4.